The molecule has 0 spiro atoms. The lowest BCUT2D eigenvalue weighted by atomic mass is 10.1. The molecule has 1 unspecified atom stereocenters. The number of sulfonamides is 1. The van der Waals surface area contributed by atoms with Crippen molar-refractivity contribution in [3.8, 4) is 0 Å². The van der Waals surface area contributed by atoms with E-state index < -0.39 is 10.0 Å². The molecule has 1 saturated heterocycles. The van der Waals surface area contributed by atoms with Crippen molar-refractivity contribution in [3.05, 3.63) is 23.8 Å². The summed E-state index contributed by atoms with van der Waals surface area (Å²) in [4.78, 5) is 26.6. The molecule has 0 radical (unpaired) electrons. The van der Waals surface area contributed by atoms with Crippen molar-refractivity contribution >= 4 is 27.5 Å². The summed E-state index contributed by atoms with van der Waals surface area (Å²) in [5.74, 6) is -0.588. The number of nitrogens with zero attached hydrogens (tertiary/aromatic N) is 2. The van der Waals surface area contributed by atoms with Crippen molar-refractivity contribution in [3.63, 3.8) is 0 Å². The van der Waals surface area contributed by atoms with Crippen LogP contribution in [-0.2, 0) is 19.6 Å². The summed E-state index contributed by atoms with van der Waals surface area (Å²) in [5, 5.41) is 2.80. The third-order valence-corrected chi connectivity index (χ3v) is 7.49. The number of carbonyl (C=O) groups is 2. The van der Waals surface area contributed by atoms with Crippen LogP contribution in [0.1, 0.15) is 38.7 Å². The molecular formula is C19H27N3O4S. The highest BCUT2D eigenvalue weighted by molar-refractivity contribution is 7.89. The fraction of sp³-hybridized carbons (Fsp3) is 0.579. The number of hydrogen-bond donors (Lipinski definition) is 1. The first kappa shape index (κ1) is 19.8. The van der Waals surface area contributed by atoms with E-state index in [9.17, 15) is 18.0 Å². The average molecular weight is 394 g/mol. The minimum atomic E-state index is -3.61. The van der Waals surface area contributed by atoms with E-state index in [1.54, 1.807) is 37.8 Å². The van der Waals surface area contributed by atoms with Crippen molar-refractivity contribution in [1.82, 2.24) is 9.21 Å². The Balaban J connectivity index is 1.76. The number of carbonyl (C=O) groups excluding carboxylic acids is 2. The summed E-state index contributed by atoms with van der Waals surface area (Å²) < 4.78 is 27.1. The molecule has 1 atom stereocenters. The molecule has 2 fully saturated rings. The van der Waals surface area contributed by atoms with E-state index >= 15 is 0 Å². The van der Waals surface area contributed by atoms with E-state index in [-0.39, 0.29) is 29.0 Å². The van der Waals surface area contributed by atoms with Gasteiger partial charge in [0, 0.05) is 37.8 Å². The maximum absolute atomic E-state index is 12.8. The number of benzene rings is 1. The van der Waals surface area contributed by atoms with Gasteiger partial charge in [0.25, 0.3) is 0 Å². The molecule has 1 aromatic rings. The van der Waals surface area contributed by atoms with Crippen LogP contribution in [0.2, 0.25) is 0 Å². The SMILES string of the molecule is CCN(CC)S(=O)(=O)c1cc(NC(=O)C2CC(=O)N(C3CC3)C2)ccc1C. The Hall–Kier alpha value is -1.93. The summed E-state index contributed by atoms with van der Waals surface area (Å²) in [5.41, 5.74) is 1.07. The lowest BCUT2D eigenvalue weighted by molar-refractivity contribution is -0.128. The van der Waals surface area contributed by atoms with E-state index in [0.29, 0.717) is 36.9 Å². The smallest absolute Gasteiger partial charge is 0.243 e. The minimum absolute atomic E-state index is 0.0337. The van der Waals surface area contributed by atoms with Crippen LogP contribution in [0, 0.1) is 12.8 Å². The number of likely N-dealkylation sites (tertiary alicyclic amines) is 1. The Morgan fingerprint density at radius 2 is 1.93 bits per heavy atom. The van der Waals surface area contributed by atoms with Gasteiger partial charge in [0.1, 0.15) is 0 Å². The van der Waals surface area contributed by atoms with Gasteiger partial charge in [-0.25, -0.2) is 8.42 Å². The number of amides is 2. The second-order valence-electron chi connectivity index (χ2n) is 7.24. The highest BCUT2D eigenvalue weighted by Gasteiger charge is 2.41. The zero-order valence-electron chi connectivity index (χ0n) is 16.1. The molecule has 1 aliphatic heterocycles. The molecule has 1 saturated carbocycles. The van der Waals surface area contributed by atoms with Crippen LogP contribution in [0.5, 0.6) is 0 Å². The molecule has 1 aliphatic carbocycles. The van der Waals surface area contributed by atoms with Gasteiger partial charge in [0.15, 0.2) is 0 Å². The monoisotopic (exact) mass is 393 g/mol. The van der Waals surface area contributed by atoms with Crippen molar-refractivity contribution in [1.29, 1.82) is 0 Å². The second kappa shape index (κ2) is 7.59. The van der Waals surface area contributed by atoms with E-state index in [2.05, 4.69) is 5.32 Å². The first-order chi connectivity index (χ1) is 12.8. The van der Waals surface area contributed by atoms with Crippen LogP contribution in [-0.4, -0.2) is 55.1 Å². The number of nitrogens with one attached hydrogen (secondary N) is 1. The molecule has 148 valence electrons. The third-order valence-electron chi connectivity index (χ3n) is 5.30. The van der Waals surface area contributed by atoms with Crippen LogP contribution in [0.25, 0.3) is 0 Å². The van der Waals surface area contributed by atoms with Gasteiger partial charge in [0.05, 0.1) is 10.8 Å². The molecule has 1 N–H and O–H groups in total. The van der Waals surface area contributed by atoms with E-state index in [4.69, 9.17) is 0 Å². The summed E-state index contributed by atoms with van der Waals surface area (Å²) >= 11 is 0. The summed E-state index contributed by atoms with van der Waals surface area (Å²) in [6, 6.07) is 5.21. The summed E-state index contributed by atoms with van der Waals surface area (Å²) in [7, 11) is -3.61. The van der Waals surface area contributed by atoms with Crippen molar-refractivity contribution < 1.29 is 18.0 Å². The van der Waals surface area contributed by atoms with Crippen LogP contribution in [0.4, 0.5) is 5.69 Å². The van der Waals surface area contributed by atoms with Crippen molar-refractivity contribution in [2.45, 2.75) is 51.0 Å². The number of anilines is 1. The predicted molar refractivity (Wildman–Crippen MR) is 103 cm³/mol. The van der Waals surface area contributed by atoms with E-state index in [1.165, 1.54) is 10.4 Å². The van der Waals surface area contributed by atoms with Gasteiger partial charge in [-0.3, -0.25) is 9.59 Å². The lowest BCUT2D eigenvalue weighted by Crippen LogP contribution is -2.31. The quantitative estimate of drug-likeness (QED) is 0.767. The zero-order chi connectivity index (χ0) is 19.8. The molecule has 3 rings (SSSR count). The molecule has 1 aromatic carbocycles. The molecule has 7 nitrogen and oxygen atoms in total. The Morgan fingerprint density at radius 1 is 1.26 bits per heavy atom. The first-order valence-corrected chi connectivity index (χ1v) is 10.9. The van der Waals surface area contributed by atoms with E-state index in [1.807, 2.05) is 0 Å². The Bertz CT molecular complexity index is 845. The fourth-order valence-electron chi connectivity index (χ4n) is 3.55. The Morgan fingerprint density at radius 3 is 2.52 bits per heavy atom. The number of hydrogen-bond acceptors (Lipinski definition) is 4. The van der Waals surface area contributed by atoms with Crippen LogP contribution in [0.3, 0.4) is 0 Å². The molecule has 0 bridgehead atoms. The van der Waals surface area contributed by atoms with Gasteiger partial charge >= 0.3 is 0 Å². The lowest BCUT2D eigenvalue weighted by Gasteiger charge is -2.20. The Kier molecular flexibility index (Phi) is 5.58. The molecule has 0 aromatic heterocycles. The van der Waals surface area contributed by atoms with Crippen molar-refractivity contribution in [2.75, 3.05) is 25.0 Å². The molecule has 27 heavy (non-hydrogen) atoms. The highest BCUT2D eigenvalue weighted by atomic mass is 32.2. The highest BCUT2D eigenvalue weighted by Crippen LogP contribution is 2.33. The molecule has 2 amide bonds. The van der Waals surface area contributed by atoms with Gasteiger partial charge in [-0.2, -0.15) is 4.31 Å². The maximum atomic E-state index is 12.8. The Labute approximate surface area is 160 Å². The summed E-state index contributed by atoms with van der Waals surface area (Å²) in [6.45, 7) is 6.55. The summed E-state index contributed by atoms with van der Waals surface area (Å²) in [6.07, 6.45) is 2.26. The van der Waals surface area contributed by atoms with Crippen LogP contribution >= 0.6 is 0 Å². The van der Waals surface area contributed by atoms with Crippen molar-refractivity contribution in [2.24, 2.45) is 5.92 Å². The van der Waals surface area contributed by atoms with Gasteiger partial charge in [0.2, 0.25) is 21.8 Å². The third kappa shape index (κ3) is 4.01. The topological polar surface area (TPSA) is 86.8 Å². The molecule has 8 heteroatoms. The largest absolute Gasteiger partial charge is 0.339 e. The van der Waals surface area contributed by atoms with Gasteiger partial charge in [-0.15, -0.1) is 0 Å². The van der Waals surface area contributed by atoms with Gasteiger partial charge < -0.3 is 10.2 Å². The number of aryl methyl sites for hydroxylation is 1. The van der Waals surface area contributed by atoms with E-state index in [0.717, 1.165) is 12.8 Å². The normalized spacial score (nSPS) is 20.4. The van der Waals surface area contributed by atoms with Gasteiger partial charge in [-0.1, -0.05) is 19.9 Å². The van der Waals surface area contributed by atoms with Gasteiger partial charge in [-0.05, 0) is 37.5 Å². The van der Waals surface area contributed by atoms with Crippen LogP contribution < -0.4 is 5.32 Å². The standard InChI is InChI=1S/C19H27N3O4S/c1-4-21(5-2)27(25,26)17-11-15(7-6-13(17)3)20-19(24)14-10-18(23)22(12-14)16-8-9-16/h6-7,11,14,16H,4-5,8-10,12H2,1-3H3,(H,20,24). The molecule has 2 aliphatic rings. The maximum Gasteiger partial charge on any atom is 0.243 e. The average Bonchev–Trinajstić information content (AvgIpc) is 3.39. The molecular weight excluding hydrogens is 366 g/mol. The minimum Gasteiger partial charge on any atom is -0.339 e. The fourth-order valence-corrected chi connectivity index (χ4v) is 5.26. The molecule has 1 heterocycles. The second-order valence-corrected chi connectivity index (χ2v) is 9.14. The predicted octanol–water partition coefficient (Wildman–Crippen LogP) is 1.97. The zero-order valence-corrected chi connectivity index (χ0v) is 16.9. The first-order valence-electron chi connectivity index (χ1n) is 9.49. The van der Waals surface area contributed by atoms with Crippen LogP contribution in [0.15, 0.2) is 23.1 Å². The number of rotatable bonds is 7.